The first-order valence-electron chi connectivity index (χ1n) is 8.24. The minimum Gasteiger partial charge on any atom is -0.373 e. The minimum atomic E-state index is -3.23. The fraction of sp³-hybridized carbons (Fsp3) is 0.588. The summed E-state index contributed by atoms with van der Waals surface area (Å²) < 4.78 is 31.6. The van der Waals surface area contributed by atoms with Gasteiger partial charge >= 0.3 is 0 Å². The van der Waals surface area contributed by atoms with Gasteiger partial charge in [0.25, 0.3) is 5.91 Å². The summed E-state index contributed by atoms with van der Waals surface area (Å²) in [5.74, 6) is 0.00803. The molecule has 0 aliphatic carbocycles. The average Bonchev–Trinajstić information content (AvgIpc) is 2.89. The van der Waals surface area contributed by atoms with Crippen molar-refractivity contribution >= 4 is 15.9 Å². The highest BCUT2D eigenvalue weighted by Crippen LogP contribution is 2.35. The molecule has 0 unspecified atom stereocenters. The molecular formula is C17H24N2O4S. The van der Waals surface area contributed by atoms with Crippen molar-refractivity contribution in [2.75, 3.05) is 26.0 Å². The van der Waals surface area contributed by atoms with Crippen LogP contribution in [0, 0.1) is 6.92 Å². The second kappa shape index (κ2) is 6.46. The van der Waals surface area contributed by atoms with Crippen molar-refractivity contribution in [1.82, 2.24) is 9.62 Å². The number of likely N-dealkylation sites (tertiary alicyclic amines) is 1. The Morgan fingerprint density at radius 1 is 1.33 bits per heavy atom. The molecule has 0 aromatic heterocycles. The van der Waals surface area contributed by atoms with E-state index in [2.05, 4.69) is 4.72 Å². The van der Waals surface area contributed by atoms with Gasteiger partial charge in [-0.15, -0.1) is 0 Å². The number of amides is 1. The molecule has 2 fully saturated rings. The van der Waals surface area contributed by atoms with Crippen LogP contribution < -0.4 is 4.72 Å². The molecule has 2 aliphatic heterocycles. The van der Waals surface area contributed by atoms with Gasteiger partial charge in [-0.1, -0.05) is 17.7 Å². The Morgan fingerprint density at radius 2 is 2.04 bits per heavy atom. The van der Waals surface area contributed by atoms with Gasteiger partial charge in [-0.05, 0) is 38.3 Å². The molecule has 2 aliphatic rings. The van der Waals surface area contributed by atoms with Gasteiger partial charge in [-0.25, -0.2) is 13.1 Å². The molecule has 1 N–H and O–H groups in total. The van der Waals surface area contributed by atoms with E-state index in [4.69, 9.17) is 4.74 Å². The van der Waals surface area contributed by atoms with Crippen LogP contribution in [0.15, 0.2) is 24.3 Å². The van der Waals surface area contributed by atoms with E-state index in [9.17, 15) is 13.2 Å². The van der Waals surface area contributed by atoms with Crippen LogP contribution in [0.4, 0.5) is 0 Å². The predicted octanol–water partition coefficient (Wildman–Crippen LogP) is 1.31. The Labute approximate surface area is 143 Å². The number of sulfonamides is 1. The van der Waals surface area contributed by atoms with E-state index in [1.807, 2.05) is 36.1 Å². The van der Waals surface area contributed by atoms with Crippen molar-refractivity contribution < 1.29 is 17.9 Å². The maximum atomic E-state index is 12.7. The number of benzene rings is 1. The van der Waals surface area contributed by atoms with Gasteiger partial charge in [0.1, 0.15) is 0 Å². The zero-order chi connectivity index (χ0) is 17.4. The topological polar surface area (TPSA) is 75.7 Å². The number of carbonyl (C=O) groups is 1. The number of aryl methyl sites for hydroxylation is 1. The number of ether oxygens (including phenoxy) is 1. The molecule has 2 saturated heterocycles. The van der Waals surface area contributed by atoms with Gasteiger partial charge in [0.2, 0.25) is 10.0 Å². The normalized spacial score (nSPS) is 27.6. The fourth-order valence-corrected chi connectivity index (χ4v) is 4.42. The molecule has 0 radical (unpaired) electrons. The second-order valence-electron chi connectivity index (χ2n) is 6.95. The first-order valence-corrected chi connectivity index (χ1v) is 10.1. The van der Waals surface area contributed by atoms with Gasteiger partial charge in [-0.3, -0.25) is 4.79 Å². The predicted molar refractivity (Wildman–Crippen MR) is 91.4 cm³/mol. The van der Waals surface area contributed by atoms with Crippen LogP contribution in [0.1, 0.15) is 35.2 Å². The summed E-state index contributed by atoms with van der Waals surface area (Å²) in [6, 6.07) is 7.43. The van der Waals surface area contributed by atoms with Crippen LogP contribution in [-0.2, 0) is 14.8 Å². The summed E-state index contributed by atoms with van der Waals surface area (Å²) >= 11 is 0. The molecule has 0 bridgehead atoms. The number of hydrogen-bond donors (Lipinski definition) is 1. The van der Waals surface area contributed by atoms with Crippen molar-refractivity contribution in [3.05, 3.63) is 35.4 Å². The van der Waals surface area contributed by atoms with Gasteiger partial charge in [0.15, 0.2) is 0 Å². The highest BCUT2D eigenvalue weighted by Gasteiger charge is 2.45. The second-order valence-corrected chi connectivity index (χ2v) is 8.73. The van der Waals surface area contributed by atoms with Crippen LogP contribution in [0.3, 0.4) is 0 Å². The fourth-order valence-electron chi connectivity index (χ4n) is 3.61. The highest BCUT2D eigenvalue weighted by atomic mass is 32.2. The van der Waals surface area contributed by atoms with Crippen LogP contribution >= 0.6 is 0 Å². The van der Waals surface area contributed by atoms with E-state index < -0.39 is 15.6 Å². The molecule has 0 saturated carbocycles. The molecule has 2 atom stereocenters. The molecule has 1 spiro atoms. The van der Waals surface area contributed by atoms with Crippen LogP contribution in [0.5, 0.6) is 0 Å². The van der Waals surface area contributed by atoms with Gasteiger partial charge in [0, 0.05) is 24.8 Å². The van der Waals surface area contributed by atoms with E-state index >= 15 is 0 Å². The molecule has 24 heavy (non-hydrogen) atoms. The average molecular weight is 352 g/mol. The van der Waals surface area contributed by atoms with Gasteiger partial charge < -0.3 is 9.64 Å². The number of hydrogen-bond acceptors (Lipinski definition) is 4. The maximum Gasteiger partial charge on any atom is 0.253 e. The summed E-state index contributed by atoms with van der Waals surface area (Å²) in [6.45, 7) is 3.66. The number of carbonyl (C=O) groups excluding carboxylic acids is 1. The molecule has 1 aromatic carbocycles. The quantitative estimate of drug-likeness (QED) is 0.890. The number of nitrogens with one attached hydrogen (secondary N) is 1. The van der Waals surface area contributed by atoms with E-state index in [1.165, 1.54) is 6.26 Å². The SMILES string of the molecule is Cc1ccc(C(=O)N2CC[C@@]3(C[C@@H](NS(C)(=O)=O)CCO3)C2)cc1. The third kappa shape index (κ3) is 3.96. The van der Waals surface area contributed by atoms with Crippen LogP contribution in [0.2, 0.25) is 0 Å². The molecule has 1 amide bonds. The lowest BCUT2D eigenvalue weighted by Gasteiger charge is -2.38. The summed E-state index contributed by atoms with van der Waals surface area (Å²) in [6.07, 6.45) is 3.20. The van der Waals surface area contributed by atoms with Crippen LogP contribution in [-0.4, -0.2) is 56.8 Å². The van der Waals surface area contributed by atoms with Crippen molar-refractivity contribution in [3.8, 4) is 0 Å². The number of nitrogens with zero attached hydrogens (tertiary/aromatic N) is 1. The number of rotatable bonds is 3. The standard InChI is InChI=1S/C17H24N2O4S/c1-13-3-5-14(6-4-13)16(20)19-9-8-17(12-19)11-15(7-10-23-17)18-24(2,21)22/h3-6,15,18H,7-12H2,1-2H3/t15-,17+/m0/s1. The third-order valence-corrected chi connectivity index (χ3v) is 5.54. The van der Waals surface area contributed by atoms with Crippen molar-refractivity contribution in [3.63, 3.8) is 0 Å². The van der Waals surface area contributed by atoms with E-state index in [0.29, 0.717) is 38.1 Å². The lowest BCUT2D eigenvalue weighted by molar-refractivity contribution is -0.0763. The molecule has 6 nitrogen and oxygen atoms in total. The Balaban J connectivity index is 1.67. The highest BCUT2D eigenvalue weighted by molar-refractivity contribution is 7.88. The molecule has 1 aromatic rings. The minimum absolute atomic E-state index is 0.00803. The lowest BCUT2D eigenvalue weighted by atomic mass is 9.90. The first kappa shape index (κ1) is 17.4. The summed E-state index contributed by atoms with van der Waals surface area (Å²) in [4.78, 5) is 14.5. The molecule has 7 heteroatoms. The van der Waals surface area contributed by atoms with E-state index in [-0.39, 0.29) is 11.9 Å². The Bertz CT molecular complexity index is 717. The van der Waals surface area contributed by atoms with Crippen molar-refractivity contribution in [2.24, 2.45) is 0 Å². The molecule has 2 heterocycles. The van der Waals surface area contributed by atoms with Gasteiger partial charge in [0.05, 0.1) is 18.4 Å². The van der Waals surface area contributed by atoms with E-state index in [0.717, 1.165) is 12.0 Å². The van der Waals surface area contributed by atoms with Crippen molar-refractivity contribution in [1.29, 1.82) is 0 Å². The summed E-state index contributed by atoms with van der Waals surface area (Å²) in [5, 5.41) is 0. The first-order chi connectivity index (χ1) is 11.3. The summed E-state index contributed by atoms with van der Waals surface area (Å²) in [7, 11) is -3.23. The Morgan fingerprint density at radius 3 is 2.71 bits per heavy atom. The Kier molecular flexibility index (Phi) is 4.68. The zero-order valence-electron chi connectivity index (χ0n) is 14.1. The Hall–Kier alpha value is -1.44. The van der Waals surface area contributed by atoms with E-state index in [1.54, 1.807) is 0 Å². The van der Waals surface area contributed by atoms with Crippen LogP contribution in [0.25, 0.3) is 0 Å². The van der Waals surface area contributed by atoms with Crippen molar-refractivity contribution in [2.45, 2.75) is 37.8 Å². The zero-order valence-corrected chi connectivity index (χ0v) is 14.9. The smallest absolute Gasteiger partial charge is 0.253 e. The largest absolute Gasteiger partial charge is 0.373 e. The molecular weight excluding hydrogens is 328 g/mol. The van der Waals surface area contributed by atoms with Gasteiger partial charge in [-0.2, -0.15) is 0 Å². The monoisotopic (exact) mass is 352 g/mol. The lowest BCUT2D eigenvalue weighted by Crippen LogP contribution is -2.50. The molecule has 3 rings (SSSR count). The summed E-state index contributed by atoms with van der Waals surface area (Å²) in [5.41, 5.74) is 1.37. The molecule has 132 valence electrons. The maximum absolute atomic E-state index is 12.7. The third-order valence-electron chi connectivity index (χ3n) is 4.78.